The van der Waals surface area contributed by atoms with Crippen LogP contribution in [0.4, 0.5) is 0 Å². The number of piperidine rings is 1. The van der Waals surface area contributed by atoms with Crippen LogP contribution in [0.15, 0.2) is 47.3 Å². The van der Waals surface area contributed by atoms with E-state index in [0.29, 0.717) is 24.8 Å². The molecule has 1 aromatic heterocycles. The van der Waals surface area contributed by atoms with Crippen LogP contribution < -0.4 is 5.32 Å². The van der Waals surface area contributed by atoms with Crippen molar-refractivity contribution in [2.45, 2.75) is 50.5 Å². The van der Waals surface area contributed by atoms with Crippen LogP contribution in [0.1, 0.15) is 31.2 Å². The highest BCUT2D eigenvalue weighted by Crippen LogP contribution is 2.30. The number of rotatable bonds is 4. The van der Waals surface area contributed by atoms with Gasteiger partial charge < -0.3 is 14.5 Å². The summed E-state index contributed by atoms with van der Waals surface area (Å²) in [5.41, 5.74) is 3.58. The summed E-state index contributed by atoms with van der Waals surface area (Å²) in [6, 6.07) is 11.8. The molecule has 22 heavy (non-hydrogen) atoms. The number of fused-ring (bicyclic) bond motifs is 2. The molecule has 3 heterocycles. The molecule has 2 aliphatic heterocycles. The fourth-order valence-corrected chi connectivity index (χ4v) is 3.69. The van der Waals surface area contributed by atoms with Crippen molar-refractivity contribution in [3.63, 3.8) is 0 Å². The summed E-state index contributed by atoms with van der Waals surface area (Å²) in [5, 5.41) is 3.66. The molecule has 2 atom stereocenters. The van der Waals surface area contributed by atoms with E-state index in [1.165, 1.54) is 24.0 Å². The van der Waals surface area contributed by atoms with Gasteiger partial charge in [0.2, 0.25) is 0 Å². The summed E-state index contributed by atoms with van der Waals surface area (Å²) in [7, 11) is 0. The Hall–Kier alpha value is -1.29. The normalized spacial score (nSPS) is 26.6. The lowest BCUT2D eigenvalue weighted by Gasteiger charge is -2.29. The predicted molar refractivity (Wildman–Crippen MR) is 89.1 cm³/mol. The van der Waals surface area contributed by atoms with Gasteiger partial charge >= 0.3 is 0 Å². The van der Waals surface area contributed by atoms with Crippen LogP contribution in [0.3, 0.4) is 0 Å². The minimum Gasteiger partial charge on any atom is -0.472 e. The molecule has 0 amide bonds. The molecule has 4 rings (SSSR count). The zero-order valence-corrected chi connectivity index (χ0v) is 13.4. The van der Waals surface area contributed by atoms with Gasteiger partial charge in [0.05, 0.1) is 25.2 Å². The Labute approximate surface area is 137 Å². The van der Waals surface area contributed by atoms with Crippen molar-refractivity contribution in [3.05, 3.63) is 48.4 Å². The number of hydrogen-bond acceptors (Lipinski definition) is 3. The van der Waals surface area contributed by atoms with Crippen LogP contribution in [-0.2, 0) is 11.3 Å². The lowest BCUT2D eigenvalue weighted by molar-refractivity contribution is 0.00937. The van der Waals surface area contributed by atoms with Crippen molar-refractivity contribution in [1.82, 2.24) is 5.32 Å². The maximum absolute atomic E-state index is 6.22. The van der Waals surface area contributed by atoms with Crippen molar-refractivity contribution in [1.29, 1.82) is 0 Å². The molecule has 2 fully saturated rings. The summed E-state index contributed by atoms with van der Waals surface area (Å²) in [6.45, 7) is 0.686. The summed E-state index contributed by atoms with van der Waals surface area (Å²) >= 11 is 0. The van der Waals surface area contributed by atoms with E-state index >= 15 is 0 Å². The van der Waals surface area contributed by atoms with E-state index in [1.54, 1.807) is 12.5 Å². The summed E-state index contributed by atoms with van der Waals surface area (Å²) in [4.78, 5) is 0. The zero-order valence-electron chi connectivity index (χ0n) is 12.5. The summed E-state index contributed by atoms with van der Waals surface area (Å²) < 4.78 is 11.4. The molecule has 118 valence electrons. The van der Waals surface area contributed by atoms with E-state index in [1.807, 2.05) is 6.07 Å². The maximum Gasteiger partial charge on any atom is 0.0981 e. The molecule has 3 nitrogen and oxygen atoms in total. The van der Waals surface area contributed by atoms with Crippen LogP contribution in [0.2, 0.25) is 0 Å². The Balaban J connectivity index is 0.00000144. The van der Waals surface area contributed by atoms with Crippen molar-refractivity contribution in [2.24, 2.45) is 0 Å². The number of hydrogen-bond donors (Lipinski definition) is 1. The molecule has 1 N–H and O–H groups in total. The molecule has 0 aliphatic carbocycles. The Morgan fingerprint density at radius 1 is 1.09 bits per heavy atom. The van der Waals surface area contributed by atoms with Crippen molar-refractivity contribution >= 4 is 12.4 Å². The first-order valence-electron chi connectivity index (χ1n) is 7.86. The van der Waals surface area contributed by atoms with Gasteiger partial charge in [0.15, 0.2) is 0 Å². The van der Waals surface area contributed by atoms with Gasteiger partial charge in [-0.2, -0.15) is 0 Å². The molecule has 4 heteroatoms. The van der Waals surface area contributed by atoms with Gasteiger partial charge in [-0.3, -0.25) is 0 Å². The van der Waals surface area contributed by atoms with E-state index < -0.39 is 0 Å². The van der Waals surface area contributed by atoms with Crippen molar-refractivity contribution in [3.8, 4) is 11.1 Å². The van der Waals surface area contributed by atoms with Crippen LogP contribution in [0.5, 0.6) is 0 Å². The fraction of sp³-hybridized carbons (Fsp3) is 0.444. The highest BCUT2D eigenvalue weighted by molar-refractivity contribution is 5.85. The lowest BCUT2D eigenvalue weighted by Crippen LogP contribution is -2.41. The predicted octanol–water partition coefficient (Wildman–Crippen LogP) is 4.17. The quantitative estimate of drug-likeness (QED) is 0.918. The van der Waals surface area contributed by atoms with Crippen molar-refractivity contribution < 1.29 is 9.15 Å². The summed E-state index contributed by atoms with van der Waals surface area (Å²) in [5.74, 6) is 0. The van der Waals surface area contributed by atoms with Gasteiger partial charge in [0.25, 0.3) is 0 Å². The third-order valence-electron chi connectivity index (χ3n) is 4.75. The van der Waals surface area contributed by atoms with Gasteiger partial charge in [-0.25, -0.2) is 0 Å². The topological polar surface area (TPSA) is 34.4 Å². The van der Waals surface area contributed by atoms with Crippen LogP contribution in [0, 0.1) is 0 Å². The number of ether oxygens (including phenoxy) is 1. The molecule has 2 saturated heterocycles. The standard InChI is InChI=1S/C18H21NO2.ClH/c1-2-4-18(14-7-8-20-11-14)13(3-1)12-21-17-9-15-5-6-16(10-17)19-15;/h1-4,7-8,11,15-17,19H,5-6,9-10,12H2;1H. The average molecular weight is 320 g/mol. The van der Waals surface area contributed by atoms with Crippen molar-refractivity contribution in [2.75, 3.05) is 0 Å². The Kier molecular flexibility index (Phi) is 4.87. The largest absolute Gasteiger partial charge is 0.472 e. The first-order valence-corrected chi connectivity index (χ1v) is 7.86. The van der Waals surface area contributed by atoms with Crippen LogP contribution in [-0.4, -0.2) is 18.2 Å². The van der Waals surface area contributed by atoms with Gasteiger partial charge in [-0.05, 0) is 42.9 Å². The smallest absolute Gasteiger partial charge is 0.0981 e. The fourth-order valence-electron chi connectivity index (χ4n) is 3.69. The molecule has 2 aromatic rings. The molecule has 2 unspecified atom stereocenters. The van der Waals surface area contributed by atoms with E-state index in [-0.39, 0.29) is 12.4 Å². The second-order valence-corrected chi connectivity index (χ2v) is 6.21. The highest BCUT2D eigenvalue weighted by atomic mass is 35.5. The van der Waals surface area contributed by atoms with Gasteiger partial charge in [-0.1, -0.05) is 24.3 Å². The first kappa shape index (κ1) is 15.6. The minimum atomic E-state index is 0. The van der Waals surface area contributed by atoms with E-state index in [0.717, 1.165) is 18.4 Å². The molecule has 1 aromatic carbocycles. The Bertz CT molecular complexity index is 587. The molecular formula is C18H22ClNO2. The molecule has 0 radical (unpaired) electrons. The lowest BCUT2D eigenvalue weighted by atomic mass is 10.0. The van der Waals surface area contributed by atoms with Gasteiger partial charge in [-0.15, -0.1) is 12.4 Å². The molecule has 0 saturated carbocycles. The number of furan rings is 1. The minimum absolute atomic E-state index is 0. The third-order valence-corrected chi connectivity index (χ3v) is 4.75. The molecule has 2 bridgehead atoms. The Morgan fingerprint density at radius 2 is 1.86 bits per heavy atom. The third kappa shape index (κ3) is 3.22. The second-order valence-electron chi connectivity index (χ2n) is 6.21. The van der Waals surface area contributed by atoms with E-state index in [4.69, 9.17) is 9.15 Å². The highest BCUT2D eigenvalue weighted by Gasteiger charge is 2.33. The Morgan fingerprint density at radius 3 is 2.59 bits per heavy atom. The number of nitrogens with one attached hydrogen (secondary N) is 1. The number of benzene rings is 1. The molecular weight excluding hydrogens is 298 g/mol. The van der Waals surface area contributed by atoms with E-state index in [9.17, 15) is 0 Å². The number of halogens is 1. The first-order chi connectivity index (χ1) is 10.4. The van der Waals surface area contributed by atoms with Crippen LogP contribution >= 0.6 is 12.4 Å². The average Bonchev–Trinajstić information content (AvgIpc) is 3.15. The maximum atomic E-state index is 6.22. The van der Waals surface area contributed by atoms with Gasteiger partial charge in [0.1, 0.15) is 0 Å². The summed E-state index contributed by atoms with van der Waals surface area (Å²) in [6.07, 6.45) is 8.86. The van der Waals surface area contributed by atoms with Gasteiger partial charge in [0, 0.05) is 17.6 Å². The zero-order chi connectivity index (χ0) is 14.1. The monoisotopic (exact) mass is 319 g/mol. The van der Waals surface area contributed by atoms with Crippen LogP contribution in [0.25, 0.3) is 11.1 Å². The molecule has 0 spiro atoms. The van der Waals surface area contributed by atoms with E-state index in [2.05, 4.69) is 29.6 Å². The SMILES string of the molecule is Cl.c1ccc(-c2ccoc2)c(COC2CC3CCC(C2)N3)c1. The molecule has 2 aliphatic rings. The second kappa shape index (κ2) is 6.86.